The largest absolute Gasteiger partial charge is 0.375 e. The van der Waals surface area contributed by atoms with E-state index in [1.54, 1.807) is 0 Å². The van der Waals surface area contributed by atoms with Crippen molar-refractivity contribution < 1.29 is 9.15 Å². The van der Waals surface area contributed by atoms with Gasteiger partial charge >= 0.3 is 6.17 Å². The molecule has 0 aromatic heterocycles. The number of rotatable bonds is 5. The Morgan fingerprint density at radius 2 is 1.29 bits per heavy atom. The first-order valence-corrected chi connectivity index (χ1v) is 11.4. The second kappa shape index (κ2) is 8.63. The zero-order valence-electron chi connectivity index (χ0n) is 19.6. The average molecular weight is 411 g/mol. The van der Waals surface area contributed by atoms with Crippen LogP contribution < -0.4 is 0 Å². The molecular formula is C29H34N2+2. The molecule has 0 aliphatic carbocycles. The molecule has 0 bridgehead atoms. The summed E-state index contributed by atoms with van der Waals surface area (Å²) in [6.45, 7) is 11.5. The van der Waals surface area contributed by atoms with E-state index in [-0.39, 0.29) is 6.17 Å². The van der Waals surface area contributed by atoms with Crippen LogP contribution in [-0.2, 0) is 0 Å². The molecule has 2 nitrogen and oxygen atoms in total. The number of aryl methyl sites for hydroxylation is 1. The minimum absolute atomic E-state index is 0.166. The molecule has 0 N–H and O–H groups in total. The highest BCUT2D eigenvalue weighted by Crippen LogP contribution is 2.42. The lowest BCUT2D eigenvalue weighted by Crippen LogP contribution is -2.22. The molecule has 158 valence electrons. The van der Waals surface area contributed by atoms with E-state index in [0.29, 0.717) is 11.8 Å². The standard InChI is InChI=1S/C29H34N2/c1-20(2)26-18-24(23-13-8-7-9-14-23)19-27(21(3)4)28(26)31-17-16-30(6)29(31)25-15-11-10-12-22(25)5/h7-21,29H,1-6H3/q+2. The van der Waals surface area contributed by atoms with Gasteiger partial charge in [0.15, 0.2) is 0 Å². The zero-order valence-corrected chi connectivity index (χ0v) is 19.6. The summed E-state index contributed by atoms with van der Waals surface area (Å²) >= 11 is 0. The van der Waals surface area contributed by atoms with Gasteiger partial charge in [-0.3, -0.25) is 0 Å². The van der Waals surface area contributed by atoms with Crippen LogP contribution in [0.5, 0.6) is 0 Å². The summed E-state index contributed by atoms with van der Waals surface area (Å²) in [6, 6.07) is 24.3. The van der Waals surface area contributed by atoms with Gasteiger partial charge in [-0.2, -0.15) is 4.58 Å². The second-order valence-electron chi connectivity index (χ2n) is 9.28. The fourth-order valence-electron chi connectivity index (χ4n) is 4.63. The molecule has 0 spiro atoms. The van der Waals surface area contributed by atoms with Crippen molar-refractivity contribution in [1.82, 2.24) is 0 Å². The highest BCUT2D eigenvalue weighted by molar-refractivity contribution is 6.12. The van der Waals surface area contributed by atoms with Crippen LogP contribution in [0, 0.1) is 6.92 Å². The molecule has 0 saturated heterocycles. The van der Waals surface area contributed by atoms with Crippen LogP contribution in [-0.4, -0.2) is 28.6 Å². The van der Waals surface area contributed by atoms with Gasteiger partial charge in [0.05, 0.1) is 5.56 Å². The van der Waals surface area contributed by atoms with Crippen molar-refractivity contribution in [2.24, 2.45) is 0 Å². The molecule has 1 aliphatic rings. The average Bonchev–Trinajstić information content (AvgIpc) is 3.14. The highest BCUT2D eigenvalue weighted by Gasteiger charge is 2.41. The van der Waals surface area contributed by atoms with Crippen molar-refractivity contribution in [2.75, 3.05) is 7.05 Å². The van der Waals surface area contributed by atoms with E-state index in [1.807, 2.05) is 0 Å². The summed E-state index contributed by atoms with van der Waals surface area (Å²) < 4.78 is 4.81. The van der Waals surface area contributed by atoms with Crippen molar-refractivity contribution in [2.45, 2.75) is 52.6 Å². The lowest BCUT2D eigenvalue weighted by molar-refractivity contribution is -0.726. The van der Waals surface area contributed by atoms with E-state index in [2.05, 4.69) is 130 Å². The highest BCUT2D eigenvalue weighted by atomic mass is 15.3. The number of hydrogen-bond acceptors (Lipinski definition) is 0. The van der Waals surface area contributed by atoms with Gasteiger partial charge in [0.2, 0.25) is 18.1 Å². The molecule has 1 atom stereocenters. The summed E-state index contributed by atoms with van der Waals surface area (Å²) in [6.07, 6.45) is 4.63. The Hall–Kier alpha value is -3.00. The molecule has 1 unspecified atom stereocenters. The summed E-state index contributed by atoms with van der Waals surface area (Å²) in [5, 5.41) is 0. The Balaban J connectivity index is 1.94. The van der Waals surface area contributed by atoms with Crippen molar-refractivity contribution in [3.8, 4) is 11.1 Å². The monoisotopic (exact) mass is 410 g/mol. The first-order chi connectivity index (χ1) is 14.9. The SMILES string of the molecule is Cc1ccccc1C1[N+](C)=CC=[N+]1c1c(C(C)C)cc(-c2ccccc2)cc1C(C)C. The van der Waals surface area contributed by atoms with Crippen LogP contribution in [0.25, 0.3) is 11.1 Å². The molecule has 2 heteroatoms. The molecular weight excluding hydrogens is 376 g/mol. The van der Waals surface area contributed by atoms with Crippen LogP contribution in [0.4, 0.5) is 5.69 Å². The molecule has 0 radical (unpaired) electrons. The second-order valence-corrected chi connectivity index (χ2v) is 9.28. The van der Waals surface area contributed by atoms with Crippen molar-refractivity contribution in [1.29, 1.82) is 0 Å². The maximum Gasteiger partial charge on any atom is 0.375 e. The van der Waals surface area contributed by atoms with Gasteiger partial charge in [-0.1, -0.05) is 76.2 Å². The smallest absolute Gasteiger partial charge is 0.168 e. The minimum Gasteiger partial charge on any atom is -0.168 e. The summed E-state index contributed by atoms with van der Waals surface area (Å²) in [5.74, 6) is 0.848. The van der Waals surface area contributed by atoms with E-state index in [9.17, 15) is 0 Å². The minimum atomic E-state index is 0.166. The first kappa shape index (κ1) is 21.2. The fraction of sp³-hybridized carbons (Fsp3) is 0.310. The van der Waals surface area contributed by atoms with Gasteiger partial charge < -0.3 is 0 Å². The van der Waals surface area contributed by atoms with Crippen LogP contribution in [0.1, 0.15) is 68.0 Å². The zero-order chi connectivity index (χ0) is 22.1. The number of nitrogens with zero attached hydrogens (tertiary/aromatic N) is 2. The molecule has 0 saturated carbocycles. The fourth-order valence-corrected chi connectivity index (χ4v) is 4.63. The normalized spacial score (nSPS) is 16.1. The third-order valence-electron chi connectivity index (χ3n) is 6.36. The van der Waals surface area contributed by atoms with Crippen LogP contribution in [0.3, 0.4) is 0 Å². The molecule has 31 heavy (non-hydrogen) atoms. The van der Waals surface area contributed by atoms with Gasteiger partial charge in [0, 0.05) is 11.1 Å². The maximum atomic E-state index is 2.49. The Labute approximate surface area is 187 Å². The van der Waals surface area contributed by atoms with E-state index >= 15 is 0 Å². The van der Waals surface area contributed by atoms with Crippen LogP contribution in [0.15, 0.2) is 66.7 Å². The van der Waals surface area contributed by atoms with Crippen LogP contribution >= 0.6 is 0 Å². The van der Waals surface area contributed by atoms with E-state index in [0.717, 1.165) is 0 Å². The van der Waals surface area contributed by atoms with Crippen molar-refractivity contribution in [3.63, 3.8) is 0 Å². The van der Waals surface area contributed by atoms with Gasteiger partial charge in [-0.05, 0) is 53.6 Å². The van der Waals surface area contributed by atoms with E-state index < -0.39 is 0 Å². The molecule has 0 amide bonds. The molecule has 1 aliphatic heterocycles. The predicted octanol–water partition coefficient (Wildman–Crippen LogP) is 7.05. The van der Waals surface area contributed by atoms with Gasteiger partial charge in [0.25, 0.3) is 0 Å². The van der Waals surface area contributed by atoms with E-state index in [1.165, 1.54) is 39.1 Å². The summed E-state index contributed by atoms with van der Waals surface area (Å²) in [4.78, 5) is 0. The van der Waals surface area contributed by atoms with Gasteiger partial charge in [-0.25, -0.2) is 0 Å². The van der Waals surface area contributed by atoms with Crippen molar-refractivity contribution in [3.05, 3.63) is 89.0 Å². The van der Waals surface area contributed by atoms with Crippen molar-refractivity contribution >= 4 is 18.1 Å². The Morgan fingerprint density at radius 3 is 1.87 bits per heavy atom. The maximum absolute atomic E-state index is 2.49. The Kier molecular flexibility index (Phi) is 5.91. The van der Waals surface area contributed by atoms with Gasteiger partial charge in [0.1, 0.15) is 7.05 Å². The third-order valence-corrected chi connectivity index (χ3v) is 6.36. The number of benzene rings is 3. The van der Waals surface area contributed by atoms with E-state index in [4.69, 9.17) is 0 Å². The quantitative estimate of drug-likeness (QED) is 0.398. The predicted molar refractivity (Wildman–Crippen MR) is 132 cm³/mol. The van der Waals surface area contributed by atoms with Gasteiger partial charge in [-0.15, -0.1) is 4.58 Å². The molecule has 1 heterocycles. The first-order valence-electron chi connectivity index (χ1n) is 11.4. The molecule has 4 rings (SSSR count). The Bertz CT molecular complexity index is 1120. The third kappa shape index (κ3) is 3.99. The van der Waals surface area contributed by atoms with Crippen LogP contribution in [0.2, 0.25) is 0 Å². The summed E-state index contributed by atoms with van der Waals surface area (Å²) in [5.41, 5.74) is 9.44. The molecule has 0 fully saturated rings. The molecule has 3 aromatic carbocycles. The lowest BCUT2D eigenvalue weighted by Gasteiger charge is -2.20. The topological polar surface area (TPSA) is 6.02 Å². The lowest BCUT2D eigenvalue weighted by atomic mass is 9.87. The molecule has 3 aromatic rings. The number of hydrogen-bond donors (Lipinski definition) is 0. The Morgan fingerprint density at radius 1 is 0.710 bits per heavy atom. The summed E-state index contributed by atoms with van der Waals surface area (Å²) in [7, 11) is 2.18.